The first-order chi connectivity index (χ1) is 9.69. The molecule has 0 bridgehead atoms. The predicted octanol–water partition coefficient (Wildman–Crippen LogP) is 3.15. The van der Waals surface area contributed by atoms with Crippen LogP contribution in [0.3, 0.4) is 0 Å². The Morgan fingerprint density at radius 2 is 1.80 bits per heavy atom. The van der Waals surface area contributed by atoms with Crippen molar-refractivity contribution in [2.45, 2.75) is 13.2 Å². The molecule has 0 radical (unpaired) electrons. The van der Waals surface area contributed by atoms with Gasteiger partial charge < -0.3 is 15.7 Å². The fourth-order valence-corrected chi connectivity index (χ4v) is 1.87. The minimum atomic E-state index is 0.0875. The van der Waals surface area contributed by atoms with E-state index in [1.165, 1.54) is 0 Å². The zero-order chi connectivity index (χ0) is 14.4. The summed E-state index contributed by atoms with van der Waals surface area (Å²) in [6, 6.07) is 14.9. The number of amidine groups is 1. The first-order valence-corrected chi connectivity index (χ1v) is 6.46. The third-order valence-electron chi connectivity index (χ3n) is 2.78. The highest BCUT2D eigenvalue weighted by molar-refractivity contribution is 6.30. The SMILES string of the molecule is NC(=NO)c1cccc(COCc2ccc(Cl)cc2)c1. The van der Waals surface area contributed by atoms with E-state index in [-0.39, 0.29) is 5.84 Å². The maximum Gasteiger partial charge on any atom is 0.170 e. The molecule has 0 spiro atoms. The van der Waals surface area contributed by atoms with Gasteiger partial charge in [0.05, 0.1) is 13.2 Å². The molecule has 2 aromatic rings. The summed E-state index contributed by atoms with van der Waals surface area (Å²) < 4.78 is 5.63. The molecule has 0 fully saturated rings. The van der Waals surface area contributed by atoms with E-state index in [2.05, 4.69) is 5.16 Å². The van der Waals surface area contributed by atoms with Gasteiger partial charge in [-0.2, -0.15) is 0 Å². The zero-order valence-corrected chi connectivity index (χ0v) is 11.5. The van der Waals surface area contributed by atoms with Crippen molar-refractivity contribution in [2.75, 3.05) is 0 Å². The van der Waals surface area contributed by atoms with Crippen LogP contribution in [0, 0.1) is 0 Å². The van der Waals surface area contributed by atoms with E-state index in [0.29, 0.717) is 23.8 Å². The predicted molar refractivity (Wildman–Crippen MR) is 78.9 cm³/mol. The van der Waals surface area contributed by atoms with Crippen LogP contribution >= 0.6 is 11.6 Å². The first-order valence-electron chi connectivity index (χ1n) is 6.08. The summed E-state index contributed by atoms with van der Waals surface area (Å²) in [5.74, 6) is 0.0875. The number of nitrogens with zero attached hydrogens (tertiary/aromatic N) is 1. The Morgan fingerprint density at radius 3 is 2.50 bits per heavy atom. The summed E-state index contributed by atoms with van der Waals surface area (Å²) in [5, 5.41) is 12.3. The third kappa shape index (κ3) is 3.98. The van der Waals surface area contributed by atoms with Crippen molar-refractivity contribution >= 4 is 17.4 Å². The molecule has 2 aromatic carbocycles. The van der Waals surface area contributed by atoms with E-state index in [4.69, 9.17) is 27.3 Å². The summed E-state index contributed by atoms with van der Waals surface area (Å²) in [6.45, 7) is 0.958. The minimum absolute atomic E-state index is 0.0875. The summed E-state index contributed by atoms with van der Waals surface area (Å²) in [4.78, 5) is 0. The molecule has 0 aromatic heterocycles. The standard InChI is InChI=1S/C15H15ClN2O2/c16-14-6-4-11(5-7-14)9-20-10-12-2-1-3-13(8-12)15(17)18-19/h1-8,19H,9-10H2,(H2,17,18). The number of ether oxygens (including phenoxy) is 1. The fourth-order valence-electron chi connectivity index (χ4n) is 1.75. The molecule has 4 nitrogen and oxygen atoms in total. The van der Waals surface area contributed by atoms with E-state index in [1.54, 1.807) is 6.07 Å². The van der Waals surface area contributed by atoms with Crippen LogP contribution in [-0.4, -0.2) is 11.0 Å². The Bertz CT molecular complexity index is 597. The van der Waals surface area contributed by atoms with Crippen LogP contribution in [0.2, 0.25) is 5.02 Å². The highest BCUT2D eigenvalue weighted by Crippen LogP contribution is 2.12. The van der Waals surface area contributed by atoms with Crippen molar-refractivity contribution in [1.82, 2.24) is 0 Å². The molecule has 3 N–H and O–H groups in total. The summed E-state index contributed by atoms with van der Waals surface area (Å²) >= 11 is 5.82. The average Bonchev–Trinajstić information content (AvgIpc) is 2.49. The second-order valence-electron chi connectivity index (χ2n) is 4.30. The van der Waals surface area contributed by atoms with Crippen LogP contribution in [-0.2, 0) is 18.0 Å². The molecule has 0 aliphatic carbocycles. The second-order valence-corrected chi connectivity index (χ2v) is 4.74. The van der Waals surface area contributed by atoms with Gasteiger partial charge in [-0.1, -0.05) is 47.1 Å². The molecule has 0 amide bonds. The van der Waals surface area contributed by atoms with E-state index in [0.717, 1.165) is 11.1 Å². The highest BCUT2D eigenvalue weighted by atomic mass is 35.5. The van der Waals surface area contributed by atoms with Gasteiger partial charge in [0.2, 0.25) is 0 Å². The van der Waals surface area contributed by atoms with Gasteiger partial charge in [0, 0.05) is 10.6 Å². The normalized spacial score (nSPS) is 11.6. The van der Waals surface area contributed by atoms with Gasteiger partial charge in [-0.05, 0) is 29.3 Å². The van der Waals surface area contributed by atoms with Crippen molar-refractivity contribution in [1.29, 1.82) is 0 Å². The van der Waals surface area contributed by atoms with Gasteiger partial charge in [-0.3, -0.25) is 0 Å². The number of halogens is 1. The topological polar surface area (TPSA) is 67.8 Å². The maximum atomic E-state index is 8.65. The van der Waals surface area contributed by atoms with E-state index >= 15 is 0 Å². The molecule has 0 aliphatic heterocycles. The summed E-state index contributed by atoms with van der Waals surface area (Å²) in [5.41, 5.74) is 8.23. The average molecular weight is 291 g/mol. The zero-order valence-electron chi connectivity index (χ0n) is 10.8. The quantitative estimate of drug-likeness (QED) is 0.385. The number of rotatable bonds is 5. The fraction of sp³-hybridized carbons (Fsp3) is 0.133. The monoisotopic (exact) mass is 290 g/mol. The number of hydrogen-bond donors (Lipinski definition) is 2. The minimum Gasteiger partial charge on any atom is -0.409 e. The van der Waals surface area contributed by atoms with Crippen molar-refractivity contribution in [3.63, 3.8) is 0 Å². The lowest BCUT2D eigenvalue weighted by Gasteiger charge is -2.06. The molecule has 0 unspecified atom stereocenters. The number of benzene rings is 2. The van der Waals surface area contributed by atoms with Crippen molar-refractivity contribution < 1.29 is 9.94 Å². The molecule has 2 rings (SSSR count). The smallest absolute Gasteiger partial charge is 0.170 e. The van der Waals surface area contributed by atoms with Gasteiger partial charge in [0.15, 0.2) is 5.84 Å². The summed E-state index contributed by atoms with van der Waals surface area (Å²) in [6.07, 6.45) is 0. The summed E-state index contributed by atoms with van der Waals surface area (Å²) in [7, 11) is 0. The van der Waals surface area contributed by atoms with E-state index < -0.39 is 0 Å². The Kier molecular flexibility index (Phi) is 4.98. The largest absolute Gasteiger partial charge is 0.409 e. The molecule has 5 heteroatoms. The van der Waals surface area contributed by atoms with Gasteiger partial charge in [-0.25, -0.2) is 0 Å². The molecular formula is C15H15ClN2O2. The Balaban J connectivity index is 1.92. The number of oxime groups is 1. The van der Waals surface area contributed by atoms with Crippen LogP contribution in [0.5, 0.6) is 0 Å². The lowest BCUT2D eigenvalue weighted by molar-refractivity contribution is 0.107. The van der Waals surface area contributed by atoms with Gasteiger partial charge >= 0.3 is 0 Å². The van der Waals surface area contributed by atoms with Crippen LogP contribution in [0.1, 0.15) is 16.7 Å². The Labute approximate surface area is 122 Å². The Hall–Kier alpha value is -2.04. The second kappa shape index (κ2) is 6.93. The van der Waals surface area contributed by atoms with Crippen molar-refractivity contribution in [3.8, 4) is 0 Å². The lowest BCUT2D eigenvalue weighted by Crippen LogP contribution is -2.13. The Morgan fingerprint density at radius 1 is 1.10 bits per heavy atom. The number of hydrogen-bond acceptors (Lipinski definition) is 3. The van der Waals surface area contributed by atoms with E-state index in [1.807, 2.05) is 42.5 Å². The third-order valence-corrected chi connectivity index (χ3v) is 3.03. The van der Waals surface area contributed by atoms with Gasteiger partial charge in [-0.15, -0.1) is 0 Å². The van der Waals surface area contributed by atoms with Crippen LogP contribution < -0.4 is 5.73 Å². The number of nitrogens with two attached hydrogens (primary N) is 1. The molecule has 0 saturated carbocycles. The van der Waals surface area contributed by atoms with Crippen molar-refractivity contribution in [2.24, 2.45) is 10.9 Å². The van der Waals surface area contributed by atoms with Crippen LogP contribution in [0.25, 0.3) is 0 Å². The first kappa shape index (κ1) is 14.4. The molecule has 0 atom stereocenters. The highest BCUT2D eigenvalue weighted by Gasteiger charge is 2.01. The van der Waals surface area contributed by atoms with E-state index in [9.17, 15) is 0 Å². The molecular weight excluding hydrogens is 276 g/mol. The van der Waals surface area contributed by atoms with Gasteiger partial charge in [0.1, 0.15) is 0 Å². The molecule has 104 valence electrons. The van der Waals surface area contributed by atoms with Gasteiger partial charge in [0.25, 0.3) is 0 Å². The molecule has 0 aliphatic rings. The van der Waals surface area contributed by atoms with Crippen LogP contribution in [0.4, 0.5) is 0 Å². The lowest BCUT2D eigenvalue weighted by atomic mass is 10.1. The van der Waals surface area contributed by atoms with Crippen molar-refractivity contribution in [3.05, 3.63) is 70.2 Å². The van der Waals surface area contributed by atoms with Crippen LogP contribution in [0.15, 0.2) is 53.7 Å². The molecule has 20 heavy (non-hydrogen) atoms. The maximum absolute atomic E-state index is 8.65. The molecule has 0 heterocycles. The molecule has 0 saturated heterocycles.